The summed E-state index contributed by atoms with van der Waals surface area (Å²) in [7, 11) is 0. The van der Waals surface area contributed by atoms with Gasteiger partial charge >= 0.3 is 0 Å². The van der Waals surface area contributed by atoms with Gasteiger partial charge in [-0.05, 0) is 31.2 Å². The molecule has 1 aromatic heterocycles. The predicted molar refractivity (Wildman–Crippen MR) is 62.7 cm³/mol. The van der Waals surface area contributed by atoms with Crippen molar-refractivity contribution < 1.29 is 4.79 Å². The highest BCUT2D eigenvalue weighted by molar-refractivity contribution is 6.30. The number of nitrogens with zero attached hydrogens (tertiary/aromatic N) is 1. The molecule has 5 heteroatoms. The molecular weight excluding hydrogens is 226 g/mol. The number of hydrogen-bond acceptors (Lipinski definition) is 2. The van der Waals surface area contributed by atoms with Crippen LogP contribution in [0, 0.1) is 6.92 Å². The topological polar surface area (TPSA) is 57.8 Å². The van der Waals surface area contributed by atoms with Crippen molar-refractivity contribution in [3.05, 3.63) is 46.7 Å². The Hall–Kier alpha value is -1.81. The van der Waals surface area contributed by atoms with Gasteiger partial charge in [-0.1, -0.05) is 11.6 Å². The Morgan fingerprint density at radius 3 is 2.62 bits per heavy atom. The van der Waals surface area contributed by atoms with Gasteiger partial charge in [0.25, 0.3) is 5.91 Å². The van der Waals surface area contributed by atoms with Crippen LogP contribution < -0.4 is 5.32 Å². The van der Waals surface area contributed by atoms with Gasteiger partial charge in [-0.3, -0.25) is 9.89 Å². The van der Waals surface area contributed by atoms with Crippen molar-refractivity contribution in [2.45, 2.75) is 6.92 Å². The number of halogens is 1. The van der Waals surface area contributed by atoms with Crippen LogP contribution in [0.5, 0.6) is 0 Å². The molecule has 1 aromatic carbocycles. The number of H-pyrrole nitrogens is 1. The van der Waals surface area contributed by atoms with Gasteiger partial charge in [0.15, 0.2) is 0 Å². The fraction of sp³-hybridized carbons (Fsp3) is 0.0909. The van der Waals surface area contributed by atoms with Crippen LogP contribution in [0.15, 0.2) is 30.5 Å². The fourth-order valence-corrected chi connectivity index (χ4v) is 1.44. The molecule has 2 N–H and O–H groups in total. The highest BCUT2D eigenvalue weighted by atomic mass is 35.5. The largest absolute Gasteiger partial charge is 0.322 e. The van der Waals surface area contributed by atoms with E-state index in [1.54, 1.807) is 31.2 Å². The second-order valence-electron chi connectivity index (χ2n) is 3.37. The maximum absolute atomic E-state index is 11.8. The molecule has 0 aliphatic carbocycles. The number of amides is 1. The third-order valence-corrected chi connectivity index (χ3v) is 2.43. The van der Waals surface area contributed by atoms with Crippen LogP contribution in [0.3, 0.4) is 0 Å². The summed E-state index contributed by atoms with van der Waals surface area (Å²) in [5.41, 5.74) is 1.98. The van der Waals surface area contributed by atoms with E-state index >= 15 is 0 Å². The van der Waals surface area contributed by atoms with E-state index in [4.69, 9.17) is 11.6 Å². The summed E-state index contributed by atoms with van der Waals surface area (Å²) < 4.78 is 0. The number of aromatic amines is 1. The Labute approximate surface area is 97.6 Å². The van der Waals surface area contributed by atoms with Crippen LogP contribution >= 0.6 is 11.6 Å². The van der Waals surface area contributed by atoms with Crippen LogP contribution in [-0.4, -0.2) is 16.1 Å². The molecule has 0 aliphatic heterocycles. The standard InChI is InChI=1S/C11H10ClN3O/c1-7-10(6-13-15-7)11(16)14-9-4-2-8(12)3-5-9/h2-6H,1H3,(H,13,15)(H,14,16). The van der Waals surface area contributed by atoms with Crippen molar-refractivity contribution in [3.63, 3.8) is 0 Å². The molecule has 1 heterocycles. The smallest absolute Gasteiger partial charge is 0.259 e. The zero-order valence-electron chi connectivity index (χ0n) is 8.62. The number of anilines is 1. The van der Waals surface area contributed by atoms with E-state index in [0.717, 1.165) is 5.69 Å². The van der Waals surface area contributed by atoms with Crippen molar-refractivity contribution in [2.75, 3.05) is 5.32 Å². The SMILES string of the molecule is Cc1[nH]ncc1C(=O)Nc1ccc(Cl)cc1. The summed E-state index contributed by atoms with van der Waals surface area (Å²) in [6.07, 6.45) is 1.50. The molecule has 0 aliphatic rings. The molecule has 1 amide bonds. The van der Waals surface area contributed by atoms with Gasteiger partial charge in [-0.2, -0.15) is 5.10 Å². The summed E-state index contributed by atoms with van der Waals surface area (Å²) in [5, 5.41) is 9.90. The summed E-state index contributed by atoms with van der Waals surface area (Å²) in [4.78, 5) is 11.8. The second kappa shape index (κ2) is 4.37. The van der Waals surface area contributed by atoms with E-state index in [1.165, 1.54) is 6.20 Å². The summed E-state index contributed by atoms with van der Waals surface area (Å²) >= 11 is 5.75. The lowest BCUT2D eigenvalue weighted by atomic mass is 10.2. The first kappa shape index (κ1) is 10.7. The van der Waals surface area contributed by atoms with Crippen LogP contribution in [0.2, 0.25) is 5.02 Å². The van der Waals surface area contributed by atoms with Gasteiger partial charge in [0.2, 0.25) is 0 Å². The number of carbonyl (C=O) groups excluding carboxylic acids is 1. The average Bonchev–Trinajstić information content (AvgIpc) is 2.68. The number of carbonyl (C=O) groups is 1. The first-order chi connectivity index (χ1) is 7.66. The summed E-state index contributed by atoms with van der Waals surface area (Å²) in [6, 6.07) is 6.93. The maximum Gasteiger partial charge on any atom is 0.259 e. The molecule has 0 unspecified atom stereocenters. The Morgan fingerprint density at radius 1 is 1.38 bits per heavy atom. The lowest BCUT2D eigenvalue weighted by Crippen LogP contribution is -2.12. The highest BCUT2D eigenvalue weighted by Gasteiger charge is 2.10. The van der Waals surface area contributed by atoms with Crippen molar-refractivity contribution in [3.8, 4) is 0 Å². The van der Waals surface area contributed by atoms with Crippen LogP contribution in [0.25, 0.3) is 0 Å². The molecule has 16 heavy (non-hydrogen) atoms. The molecule has 0 atom stereocenters. The predicted octanol–water partition coefficient (Wildman–Crippen LogP) is 2.62. The Kier molecular flexibility index (Phi) is 2.92. The number of aryl methyl sites for hydroxylation is 1. The first-order valence-corrected chi connectivity index (χ1v) is 5.11. The number of aromatic nitrogens is 2. The molecular formula is C11H10ClN3O. The normalized spacial score (nSPS) is 10.1. The van der Waals surface area contributed by atoms with Gasteiger partial charge in [0, 0.05) is 16.4 Å². The lowest BCUT2D eigenvalue weighted by Gasteiger charge is -2.03. The highest BCUT2D eigenvalue weighted by Crippen LogP contribution is 2.14. The van der Waals surface area contributed by atoms with Gasteiger partial charge in [0.1, 0.15) is 0 Å². The molecule has 0 saturated carbocycles. The Balaban J connectivity index is 2.14. The minimum absolute atomic E-state index is 0.187. The fourth-order valence-electron chi connectivity index (χ4n) is 1.31. The van der Waals surface area contributed by atoms with Crippen molar-refractivity contribution >= 4 is 23.2 Å². The Morgan fingerprint density at radius 2 is 2.06 bits per heavy atom. The molecule has 0 fully saturated rings. The van der Waals surface area contributed by atoms with Gasteiger partial charge in [0.05, 0.1) is 11.8 Å². The Bertz CT molecular complexity index is 504. The third kappa shape index (κ3) is 2.23. The average molecular weight is 236 g/mol. The first-order valence-electron chi connectivity index (χ1n) is 4.73. The zero-order chi connectivity index (χ0) is 11.5. The van der Waals surface area contributed by atoms with E-state index in [9.17, 15) is 4.79 Å². The number of rotatable bonds is 2. The van der Waals surface area contributed by atoms with Gasteiger partial charge in [-0.15, -0.1) is 0 Å². The van der Waals surface area contributed by atoms with Crippen molar-refractivity contribution in [1.82, 2.24) is 10.2 Å². The lowest BCUT2D eigenvalue weighted by molar-refractivity contribution is 0.102. The van der Waals surface area contributed by atoms with E-state index in [0.29, 0.717) is 16.3 Å². The van der Waals surface area contributed by atoms with Gasteiger partial charge in [-0.25, -0.2) is 0 Å². The van der Waals surface area contributed by atoms with Crippen LogP contribution in [-0.2, 0) is 0 Å². The number of benzene rings is 1. The monoisotopic (exact) mass is 235 g/mol. The summed E-state index contributed by atoms with van der Waals surface area (Å²) in [5.74, 6) is -0.187. The van der Waals surface area contributed by atoms with E-state index in [-0.39, 0.29) is 5.91 Å². The molecule has 2 aromatic rings. The van der Waals surface area contributed by atoms with Gasteiger partial charge < -0.3 is 5.32 Å². The molecule has 4 nitrogen and oxygen atoms in total. The minimum Gasteiger partial charge on any atom is -0.322 e. The molecule has 0 saturated heterocycles. The minimum atomic E-state index is -0.187. The third-order valence-electron chi connectivity index (χ3n) is 2.18. The molecule has 0 spiro atoms. The second-order valence-corrected chi connectivity index (χ2v) is 3.81. The number of nitrogens with one attached hydrogen (secondary N) is 2. The van der Waals surface area contributed by atoms with Crippen molar-refractivity contribution in [1.29, 1.82) is 0 Å². The number of hydrogen-bond donors (Lipinski definition) is 2. The van der Waals surface area contributed by atoms with Crippen LogP contribution in [0.4, 0.5) is 5.69 Å². The molecule has 0 radical (unpaired) electrons. The van der Waals surface area contributed by atoms with E-state index < -0.39 is 0 Å². The molecule has 0 bridgehead atoms. The molecule has 2 rings (SSSR count). The quantitative estimate of drug-likeness (QED) is 0.841. The van der Waals surface area contributed by atoms with Crippen molar-refractivity contribution in [2.24, 2.45) is 0 Å². The molecule has 82 valence electrons. The van der Waals surface area contributed by atoms with E-state index in [1.807, 2.05) is 0 Å². The van der Waals surface area contributed by atoms with Crippen LogP contribution in [0.1, 0.15) is 16.1 Å². The zero-order valence-corrected chi connectivity index (χ0v) is 9.38. The van der Waals surface area contributed by atoms with E-state index in [2.05, 4.69) is 15.5 Å². The maximum atomic E-state index is 11.8. The summed E-state index contributed by atoms with van der Waals surface area (Å²) in [6.45, 7) is 1.80.